The fourth-order valence-electron chi connectivity index (χ4n) is 1.13. The molecule has 0 aliphatic heterocycles. The van der Waals surface area contributed by atoms with Crippen molar-refractivity contribution in [3.05, 3.63) is 0 Å². The second-order valence-electron chi connectivity index (χ2n) is 5.20. The van der Waals surface area contributed by atoms with Crippen molar-refractivity contribution >= 4 is 6.09 Å². The molecule has 0 aromatic carbocycles. The van der Waals surface area contributed by atoms with E-state index in [1.807, 2.05) is 41.5 Å². The second-order valence-corrected chi connectivity index (χ2v) is 5.20. The molecule has 0 spiro atoms. The van der Waals surface area contributed by atoms with Gasteiger partial charge in [-0.25, -0.2) is 4.79 Å². The molecule has 0 bridgehead atoms. The Kier molecular flexibility index (Phi) is 5.08. The summed E-state index contributed by atoms with van der Waals surface area (Å²) in [6, 6.07) is 0.0609. The maximum atomic E-state index is 11.8. The van der Waals surface area contributed by atoms with E-state index in [0.717, 1.165) is 0 Å². The van der Waals surface area contributed by atoms with Crippen molar-refractivity contribution in [3.8, 4) is 0 Å². The third-order valence-corrected chi connectivity index (χ3v) is 1.74. The van der Waals surface area contributed by atoms with Crippen molar-refractivity contribution in [2.24, 2.45) is 5.73 Å². The van der Waals surface area contributed by atoms with Crippen molar-refractivity contribution in [1.29, 1.82) is 0 Å². The Morgan fingerprint density at radius 1 is 1.33 bits per heavy atom. The lowest BCUT2D eigenvalue weighted by atomic mass is 10.2. The molecule has 0 fully saturated rings. The first kappa shape index (κ1) is 14.2. The lowest BCUT2D eigenvalue weighted by molar-refractivity contribution is 0.0181. The first-order valence-electron chi connectivity index (χ1n) is 5.38. The summed E-state index contributed by atoms with van der Waals surface area (Å²) in [6.45, 7) is 11.9. The number of hydrogen-bond acceptors (Lipinski definition) is 3. The summed E-state index contributed by atoms with van der Waals surface area (Å²) in [4.78, 5) is 13.4. The molecule has 90 valence electrons. The highest BCUT2D eigenvalue weighted by atomic mass is 16.6. The normalized spacial score (nSPS) is 13.9. The van der Waals surface area contributed by atoms with Gasteiger partial charge in [0, 0.05) is 18.6 Å². The van der Waals surface area contributed by atoms with Crippen LogP contribution in [0, 0.1) is 0 Å². The fraction of sp³-hybridized carbons (Fsp3) is 0.909. The zero-order valence-corrected chi connectivity index (χ0v) is 10.7. The molecule has 4 nitrogen and oxygen atoms in total. The first-order valence-corrected chi connectivity index (χ1v) is 5.38. The lowest BCUT2D eigenvalue weighted by Crippen LogP contribution is -2.46. The van der Waals surface area contributed by atoms with Crippen LogP contribution in [0.2, 0.25) is 0 Å². The Bertz CT molecular complexity index is 207. The van der Waals surface area contributed by atoms with Crippen molar-refractivity contribution < 1.29 is 9.53 Å². The monoisotopic (exact) mass is 216 g/mol. The molecule has 4 heteroatoms. The van der Waals surface area contributed by atoms with Crippen molar-refractivity contribution in [3.63, 3.8) is 0 Å². The molecule has 0 radical (unpaired) electrons. The van der Waals surface area contributed by atoms with E-state index >= 15 is 0 Å². The highest BCUT2D eigenvalue weighted by molar-refractivity contribution is 5.68. The van der Waals surface area contributed by atoms with Gasteiger partial charge in [0.2, 0.25) is 0 Å². The van der Waals surface area contributed by atoms with Crippen LogP contribution >= 0.6 is 0 Å². The predicted molar refractivity (Wildman–Crippen MR) is 61.7 cm³/mol. The Morgan fingerprint density at radius 2 is 1.80 bits per heavy atom. The SMILES string of the molecule is CC(N)CN(C(=O)OC(C)(C)C)C(C)C. The Hall–Kier alpha value is -0.770. The summed E-state index contributed by atoms with van der Waals surface area (Å²) in [6.07, 6.45) is -0.296. The second kappa shape index (κ2) is 5.35. The highest BCUT2D eigenvalue weighted by Gasteiger charge is 2.24. The molecule has 0 aliphatic rings. The number of carbonyl (C=O) groups excluding carboxylic acids is 1. The molecular weight excluding hydrogens is 192 g/mol. The molecule has 1 unspecified atom stereocenters. The topological polar surface area (TPSA) is 55.6 Å². The van der Waals surface area contributed by atoms with Gasteiger partial charge in [-0.3, -0.25) is 0 Å². The van der Waals surface area contributed by atoms with Crippen LogP contribution in [0.3, 0.4) is 0 Å². The van der Waals surface area contributed by atoms with Gasteiger partial charge in [0.05, 0.1) is 0 Å². The molecule has 1 amide bonds. The van der Waals surface area contributed by atoms with E-state index in [4.69, 9.17) is 10.5 Å². The van der Waals surface area contributed by atoms with Gasteiger partial charge in [0.15, 0.2) is 0 Å². The van der Waals surface area contributed by atoms with Crippen LogP contribution in [0.15, 0.2) is 0 Å². The largest absolute Gasteiger partial charge is 0.444 e. The molecule has 0 saturated heterocycles. The van der Waals surface area contributed by atoms with Gasteiger partial charge in [0.1, 0.15) is 5.60 Å². The molecule has 0 heterocycles. The van der Waals surface area contributed by atoms with Crippen molar-refractivity contribution in [2.75, 3.05) is 6.54 Å². The molecule has 0 aliphatic carbocycles. The minimum absolute atomic E-state index is 0.0417. The van der Waals surface area contributed by atoms with E-state index in [1.165, 1.54) is 0 Å². The highest BCUT2D eigenvalue weighted by Crippen LogP contribution is 2.11. The Balaban J connectivity index is 4.43. The number of hydrogen-bond donors (Lipinski definition) is 1. The summed E-state index contributed by atoms with van der Waals surface area (Å²) in [5.41, 5.74) is 5.23. The molecule has 0 rings (SSSR count). The van der Waals surface area contributed by atoms with Gasteiger partial charge in [-0.1, -0.05) is 0 Å². The van der Waals surface area contributed by atoms with E-state index in [-0.39, 0.29) is 18.2 Å². The van der Waals surface area contributed by atoms with E-state index in [2.05, 4.69) is 0 Å². The number of ether oxygens (including phenoxy) is 1. The van der Waals surface area contributed by atoms with E-state index in [0.29, 0.717) is 6.54 Å². The molecule has 0 aromatic heterocycles. The average molecular weight is 216 g/mol. The molecular formula is C11H24N2O2. The smallest absolute Gasteiger partial charge is 0.410 e. The quantitative estimate of drug-likeness (QED) is 0.784. The van der Waals surface area contributed by atoms with Crippen LogP contribution in [0.1, 0.15) is 41.5 Å². The number of nitrogens with two attached hydrogens (primary N) is 1. The third-order valence-electron chi connectivity index (χ3n) is 1.74. The number of carbonyl (C=O) groups is 1. The number of rotatable bonds is 3. The molecule has 0 aromatic rings. The first-order chi connectivity index (χ1) is 6.63. The maximum Gasteiger partial charge on any atom is 0.410 e. The van der Waals surface area contributed by atoms with Gasteiger partial charge in [-0.2, -0.15) is 0 Å². The van der Waals surface area contributed by atoms with Crippen molar-refractivity contribution in [1.82, 2.24) is 4.90 Å². The van der Waals surface area contributed by atoms with Crippen LogP contribution < -0.4 is 5.73 Å². The van der Waals surface area contributed by atoms with Crippen LogP contribution in [-0.4, -0.2) is 35.2 Å². The van der Waals surface area contributed by atoms with Crippen molar-refractivity contribution in [2.45, 2.75) is 59.2 Å². The van der Waals surface area contributed by atoms with Crippen LogP contribution in [-0.2, 0) is 4.74 Å². The molecule has 0 saturated carbocycles. The number of amides is 1. The van der Waals surface area contributed by atoms with Gasteiger partial charge in [-0.15, -0.1) is 0 Å². The van der Waals surface area contributed by atoms with Gasteiger partial charge < -0.3 is 15.4 Å². The maximum absolute atomic E-state index is 11.8. The Labute approximate surface area is 92.8 Å². The minimum Gasteiger partial charge on any atom is -0.444 e. The summed E-state index contributed by atoms with van der Waals surface area (Å²) in [5, 5.41) is 0. The lowest BCUT2D eigenvalue weighted by Gasteiger charge is -2.31. The standard InChI is InChI=1S/C11H24N2O2/c1-8(2)13(7-9(3)12)10(14)15-11(4,5)6/h8-9H,7,12H2,1-6H3. The fourth-order valence-corrected chi connectivity index (χ4v) is 1.13. The van der Waals surface area contributed by atoms with Gasteiger partial charge in [0.25, 0.3) is 0 Å². The van der Waals surface area contributed by atoms with Crippen LogP contribution in [0.25, 0.3) is 0 Å². The van der Waals surface area contributed by atoms with E-state index < -0.39 is 5.60 Å². The summed E-state index contributed by atoms with van der Waals surface area (Å²) in [7, 11) is 0. The van der Waals surface area contributed by atoms with Gasteiger partial charge in [-0.05, 0) is 41.5 Å². The zero-order valence-electron chi connectivity index (χ0n) is 10.7. The van der Waals surface area contributed by atoms with E-state index in [1.54, 1.807) is 4.90 Å². The molecule has 15 heavy (non-hydrogen) atoms. The molecule has 1 atom stereocenters. The minimum atomic E-state index is -0.456. The number of nitrogens with zero attached hydrogens (tertiary/aromatic N) is 1. The third kappa shape index (κ3) is 6.33. The summed E-state index contributed by atoms with van der Waals surface area (Å²) in [5.74, 6) is 0. The summed E-state index contributed by atoms with van der Waals surface area (Å²) < 4.78 is 5.29. The average Bonchev–Trinajstić information content (AvgIpc) is 1.95. The van der Waals surface area contributed by atoms with E-state index in [9.17, 15) is 4.79 Å². The van der Waals surface area contributed by atoms with Crippen LogP contribution in [0.5, 0.6) is 0 Å². The Morgan fingerprint density at radius 3 is 2.07 bits per heavy atom. The zero-order chi connectivity index (χ0) is 12.2. The van der Waals surface area contributed by atoms with Crippen LogP contribution in [0.4, 0.5) is 4.79 Å². The summed E-state index contributed by atoms with van der Waals surface area (Å²) >= 11 is 0. The molecule has 2 N–H and O–H groups in total. The predicted octanol–water partition coefficient (Wildman–Crippen LogP) is 1.98. The van der Waals surface area contributed by atoms with Gasteiger partial charge >= 0.3 is 6.09 Å².